The Bertz CT molecular complexity index is 498. The summed E-state index contributed by atoms with van der Waals surface area (Å²) in [5.41, 5.74) is 1.53. The Morgan fingerprint density at radius 3 is 3.06 bits per heavy atom. The molecule has 0 atom stereocenters. The van der Waals surface area contributed by atoms with E-state index in [1.807, 2.05) is 23.6 Å². The average molecular weight is 250 g/mol. The van der Waals surface area contributed by atoms with Crippen LogP contribution in [-0.4, -0.2) is 27.7 Å². The molecule has 0 unspecified atom stereocenters. The van der Waals surface area contributed by atoms with Crippen molar-refractivity contribution < 1.29 is 14.6 Å². The molecule has 0 aliphatic heterocycles. The molecule has 0 spiro atoms. The topological polar surface area (TPSA) is 72.3 Å². The molecule has 88 valence electrons. The van der Waals surface area contributed by atoms with Gasteiger partial charge in [0.25, 0.3) is 0 Å². The minimum Gasteiger partial charge on any atom is -0.480 e. The number of ether oxygens (including phenoxy) is 1. The number of pyridine rings is 1. The Labute approximate surface area is 102 Å². The predicted octanol–water partition coefficient (Wildman–Crippen LogP) is 1.81. The van der Waals surface area contributed by atoms with Crippen molar-refractivity contribution in [3.63, 3.8) is 0 Å². The first-order chi connectivity index (χ1) is 8.25. The van der Waals surface area contributed by atoms with Crippen LogP contribution in [0, 0.1) is 0 Å². The second kappa shape index (κ2) is 5.51. The maximum Gasteiger partial charge on any atom is 0.329 e. The summed E-state index contributed by atoms with van der Waals surface area (Å²) in [6.07, 6.45) is 1.71. The lowest BCUT2D eigenvalue weighted by Gasteiger charge is -1.96. The molecule has 0 amide bonds. The number of thiazole rings is 1. The SMILES string of the molecule is O=C(O)COCc1csc(-c2ccccn2)n1. The maximum atomic E-state index is 10.3. The molecular weight excluding hydrogens is 240 g/mol. The highest BCUT2D eigenvalue weighted by atomic mass is 32.1. The Morgan fingerprint density at radius 2 is 2.35 bits per heavy atom. The van der Waals surface area contributed by atoms with Crippen molar-refractivity contribution in [2.75, 3.05) is 6.61 Å². The van der Waals surface area contributed by atoms with Gasteiger partial charge >= 0.3 is 5.97 Å². The predicted molar refractivity (Wildman–Crippen MR) is 62.6 cm³/mol. The van der Waals surface area contributed by atoms with Crippen LogP contribution < -0.4 is 0 Å². The van der Waals surface area contributed by atoms with Crippen LogP contribution in [0.1, 0.15) is 5.69 Å². The zero-order valence-corrected chi connectivity index (χ0v) is 9.68. The number of carboxylic acids is 1. The first-order valence-corrected chi connectivity index (χ1v) is 5.79. The van der Waals surface area contributed by atoms with E-state index in [1.165, 1.54) is 11.3 Å². The van der Waals surface area contributed by atoms with Crippen LogP contribution in [0.2, 0.25) is 0 Å². The summed E-state index contributed by atoms with van der Waals surface area (Å²) < 4.78 is 4.95. The highest BCUT2D eigenvalue weighted by molar-refractivity contribution is 7.13. The van der Waals surface area contributed by atoms with E-state index < -0.39 is 5.97 Å². The molecule has 17 heavy (non-hydrogen) atoms. The third-order valence-electron chi connectivity index (χ3n) is 1.91. The Balaban J connectivity index is 1.99. The van der Waals surface area contributed by atoms with Crippen LogP contribution in [0.3, 0.4) is 0 Å². The van der Waals surface area contributed by atoms with Crippen molar-refractivity contribution >= 4 is 17.3 Å². The van der Waals surface area contributed by atoms with Gasteiger partial charge < -0.3 is 9.84 Å². The third kappa shape index (κ3) is 3.33. The van der Waals surface area contributed by atoms with Crippen molar-refractivity contribution in [1.29, 1.82) is 0 Å². The molecule has 0 saturated heterocycles. The number of hydrogen-bond donors (Lipinski definition) is 1. The average Bonchev–Trinajstić information content (AvgIpc) is 2.78. The molecule has 2 heterocycles. The molecule has 5 nitrogen and oxygen atoms in total. The summed E-state index contributed by atoms with van der Waals surface area (Å²) in [6, 6.07) is 5.61. The van der Waals surface area contributed by atoms with E-state index in [2.05, 4.69) is 9.97 Å². The van der Waals surface area contributed by atoms with Crippen molar-refractivity contribution in [2.24, 2.45) is 0 Å². The van der Waals surface area contributed by atoms with E-state index in [1.54, 1.807) is 6.20 Å². The van der Waals surface area contributed by atoms with Gasteiger partial charge in [-0.05, 0) is 12.1 Å². The van der Waals surface area contributed by atoms with Crippen molar-refractivity contribution in [2.45, 2.75) is 6.61 Å². The minimum absolute atomic E-state index is 0.204. The lowest BCUT2D eigenvalue weighted by Crippen LogP contribution is -2.06. The maximum absolute atomic E-state index is 10.3. The second-order valence-electron chi connectivity index (χ2n) is 3.25. The highest BCUT2D eigenvalue weighted by Gasteiger charge is 2.06. The minimum atomic E-state index is -0.981. The fourth-order valence-electron chi connectivity index (χ4n) is 1.22. The van der Waals surface area contributed by atoms with E-state index >= 15 is 0 Å². The second-order valence-corrected chi connectivity index (χ2v) is 4.10. The first-order valence-electron chi connectivity index (χ1n) is 4.91. The number of carboxylic acid groups (broad SMARTS) is 1. The molecule has 1 N–H and O–H groups in total. The molecule has 0 saturated carbocycles. The van der Waals surface area contributed by atoms with Crippen molar-refractivity contribution in [3.05, 3.63) is 35.5 Å². The number of aromatic nitrogens is 2. The van der Waals surface area contributed by atoms with Gasteiger partial charge in [0.1, 0.15) is 11.6 Å². The van der Waals surface area contributed by atoms with Gasteiger partial charge in [-0.1, -0.05) is 6.07 Å². The fraction of sp³-hybridized carbons (Fsp3) is 0.182. The summed E-state index contributed by atoms with van der Waals surface area (Å²) in [7, 11) is 0. The Hall–Kier alpha value is -1.79. The van der Waals surface area contributed by atoms with Crippen molar-refractivity contribution in [1.82, 2.24) is 9.97 Å². The van der Waals surface area contributed by atoms with Crippen LogP contribution in [0.15, 0.2) is 29.8 Å². The Kier molecular flexibility index (Phi) is 3.79. The summed E-state index contributed by atoms with van der Waals surface area (Å²) in [4.78, 5) is 18.8. The molecule has 2 rings (SSSR count). The van der Waals surface area contributed by atoms with E-state index in [0.29, 0.717) is 0 Å². The van der Waals surface area contributed by atoms with E-state index in [-0.39, 0.29) is 13.2 Å². The van der Waals surface area contributed by atoms with Crippen LogP contribution in [0.5, 0.6) is 0 Å². The third-order valence-corrected chi connectivity index (χ3v) is 2.82. The molecule has 0 aliphatic carbocycles. The van der Waals surface area contributed by atoms with Crippen LogP contribution in [-0.2, 0) is 16.1 Å². The quantitative estimate of drug-likeness (QED) is 0.876. The normalized spacial score (nSPS) is 10.4. The number of hydrogen-bond acceptors (Lipinski definition) is 5. The lowest BCUT2D eigenvalue weighted by atomic mass is 10.4. The summed E-state index contributed by atoms with van der Waals surface area (Å²) >= 11 is 1.46. The number of rotatable bonds is 5. The standard InChI is InChI=1S/C11H10N2O3S/c14-10(15)6-16-5-8-7-17-11(13-8)9-3-1-2-4-12-9/h1-4,7H,5-6H2,(H,14,15). The number of carbonyl (C=O) groups is 1. The van der Waals surface area contributed by atoms with Crippen LogP contribution in [0.25, 0.3) is 10.7 Å². The smallest absolute Gasteiger partial charge is 0.329 e. The van der Waals surface area contributed by atoms with Gasteiger partial charge in [-0.2, -0.15) is 0 Å². The van der Waals surface area contributed by atoms with Gasteiger partial charge in [0.2, 0.25) is 0 Å². The fourth-order valence-corrected chi connectivity index (χ4v) is 2.00. The molecule has 0 radical (unpaired) electrons. The zero-order chi connectivity index (χ0) is 12.1. The molecule has 0 aliphatic rings. The molecule has 0 fully saturated rings. The van der Waals surface area contributed by atoms with Gasteiger partial charge in [-0.25, -0.2) is 9.78 Å². The van der Waals surface area contributed by atoms with E-state index in [4.69, 9.17) is 9.84 Å². The van der Waals surface area contributed by atoms with Gasteiger partial charge in [-0.15, -0.1) is 11.3 Å². The summed E-state index contributed by atoms with van der Waals surface area (Å²) in [6.45, 7) is -0.105. The summed E-state index contributed by atoms with van der Waals surface area (Å²) in [5, 5.41) is 11.1. The first kappa shape index (κ1) is 11.7. The highest BCUT2D eigenvalue weighted by Crippen LogP contribution is 2.21. The van der Waals surface area contributed by atoms with E-state index in [9.17, 15) is 4.79 Å². The van der Waals surface area contributed by atoms with Gasteiger partial charge in [0, 0.05) is 11.6 Å². The van der Waals surface area contributed by atoms with Crippen LogP contribution in [0.4, 0.5) is 0 Å². The summed E-state index contributed by atoms with van der Waals surface area (Å²) in [5.74, 6) is -0.981. The number of aliphatic carboxylic acids is 1. The van der Waals surface area contributed by atoms with Gasteiger partial charge in [0.15, 0.2) is 0 Å². The Morgan fingerprint density at radius 1 is 1.47 bits per heavy atom. The van der Waals surface area contributed by atoms with Gasteiger partial charge in [-0.3, -0.25) is 4.98 Å². The molecular formula is C11H10N2O3S. The van der Waals surface area contributed by atoms with Gasteiger partial charge in [0.05, 0.1) is 18.0 Å². The molecule has 6 heteroatoms. The van der Waals surface area contributed by atoms with E-state index in [0.717, 1.165) is 16.4 Å². The monoisotopic (exact) mass is 250 g/mol. The zero-order valence-electron chi connectivity index (χ0n) is 8.87. The van der Waals surface area contributed by atoms with Crippen molar-refractivity contribution in [3.8, 4) is 10.7 Å². The molecule has 2 aromatic rings. The molecule has 0 aromatic carbocycles. The van der Waals surface area contributed by atoms with Crippen LogP contribution >= 0.6 is 11.3 Å². The molecule has 2 aromatic heterocycles. The molecule has 0 bridgehead atoms. The lowest BCUT2D eigenvalue weighted by molar-refractivity contribution is -0.142. The largest absolute Gasteiger partial charge is 0.480 e. The number of nitrogens with zero attached hydrogens (tertiary/aromatic N) is 2.